The van der Waals surface area contributed by atoms with E-state index < -0.39 is 6.10 Å². The molecule has 102 valence electrons. The average molecular weight is 261 g/mol. The quantitative estimate of drug-likeness (QED) is 0.867. The lowest BCUT2D eigenvalue weighted by Gasteiger charge is -2.10. The van der Waals surface area contributed by atoms with Crippen LogP contribution in [0.25, 0.3) is 0 Å². The van der Waals surface area contributed by atoms with Crippen molar-refractivity contribution in [2.45, 2.75) is 39.5 Å². The lowest BCUT2D eigenvalue weighted by Crippen LogP contribution is -2.08. The minimum Gasteiger partial charge on any atom is -0.486 e. The first kappa shape index (κ1) is 13.5. The van der Waals surface area contributed by atoms with E-state index in [1.54, 1.807) is 13.3 Å². The number of ether oxygens (including phenoxy) is 1. The van der Waals surface area contributed by atoms with Crippen molar-refractivity contribution in [3.05, 3.63) is 42.0 Å². The number of nitrogens with zero attached hydrogens (tertiary/aromatic N) is 3. The Morgan fingerprint density at radius 2 is 2.26 bits per heavy atom. The SMILES string of the molecule is CCCn1ncnc1COc1cccc(C(C)O)c1. The Morgan fingerprint density at radius 3 is 3.00 bits per heavy atom. The molecule has 1 heterocycles. The molecular formula is C14H19N3O2. The molecule has 0 aliphatic heterocycles. The molecule has 0 bridgehead atoms. The minimum atomic E-state index is -0.493. The molecule has 1 N–H and O–H groups in total. The molecule has 5 nitrogen and oxygen atoms in total. The van der Waals surface area contributed by atoms with E-state index in [0.29, 0.717) is 6.61 Å². The van der Waals surface area contributed by atoms with Crippen LogP contribution in [0.5, 0.6) is 5.75 Å². The highest BCUT2D eigenvalue weighted by molar-refractivity contribution is 5.29. The summed E-state index contributed by atoms with van der Waals surface area (Å²) < 4.78 is 7.54. The molecule has 0 spiro atoms. The summed E-state index contributed by atoms with van der Waals surface area (Å²) in [5.41, 5.74) is 0.840. The molecule has 2 rings (SSSR count). The third-order valence-electron chi connectivity index (χ3n) is 2.84. The highest BCUT2D eigenvalue weighted by Gasteiger charge is 2.06. The van der Waals surface area contributed by atoms with Crippen LogP contribution in [0.1, 0.15) is 37.8 Å². The number of aliphatic hydroxyl groups is 1. The second-order valence-electron chi connectivity index (χ2n) is 4.44. The minimum absolute atomic E-state index is 0.378. The fourth-order valence-electron chi connectivity index (χ4n) is 1.81. The number of aliphatic hydroxyl groups excluding tert-OH is 1. The van der Waals surface area contributed by atoms with E-state index in [-0.39, 0.29) is 0 Å². The number of aryl methyl sites for hydroxylation is 1. The van der Waals surface area contributed by atoms with Crippen molar-refractivity contribution in [3.63, 3.8) is 0 Å². The van der Waals surface area contributed by atoms with Gasteiger partial charge in [-0.25, -0.2) is 9.67 Å². The highest BCUT2D eigenvalue weighted by Crippen LogP contribution is 2.19. The summed E-state index contributed by atoms with van der Waals surface area (Å²) in [6, 6.07) is 7.45. The molecule has 0 fully saturated rings. The third-order valence-corrected chi connectivity index (χ3v) is 2.84. The Kier molecular flexibility index (Phi) is 4.52. The first-order chi connectivity index (χ1) is 9.20. The zero-order chi connectivity index (χ0) is 13.7. The van der Waals surface area contributed by atoms with Gasteiger partial charge in [-0.3, -0.25) is 0 Å². The Balaban J connectivity index is 2.02. The molecule has 1 unspecified atom stereocenters. The molecule has 19 heavy (non-hydrogen) atoms. The molecule has 2 aromatic rings. The monoisotopic (exact) mass is 261 g/mol. The van der Waals surface area contributed by atoms with Gasteiger partial charge in [0.15, 0.2) is 5.82 Å². The third kappa shape index (κ3) is 3.54. The Hall–Kier alpha value is -1.88. The number of aromatic nitrogens is 3. The molecule has 0 saturated heterocycles. The molecule has 0 amide bonds. The first-order valence-electron chi connectivity index (χ1n) is 6.48. The van der Waals surface area contributed by atoms with E-state index in [0.717, 1.165) is 30.1 Å². The van der Waals surface area contributed by atoms with Gasteiger partial charge >= 0.3 is 0 Å². The van der Waals surface area contributed by atoms with E-state index in [1.165, 1.54) is 0 Å². The van der Waals surface area contributed by atoms with Gasteiger partial charge < -0.3 is 9.84 Å². The van der Waals surface area contributed by atoms with Gasteiger partial charge in [-0.2, -0.15) is 5.10 Å². The Bertz CT molecular complexity index is 523. The van der Waals surface area contributed by atoms with E-state index in [1.807, 2.05) is 28.9 Å². The maximum atomic E-state index is 9.53. The van der Waals surface area contributed by atoms with Crippen LogP contribution in [-0.2, 0) is 13.2 Å². The van der Waals surface area contributed by atoms with Crippen molar-refractivity contribution in [1.29, 1.82) is 0 Å². The summed E-state index contributed by atoms with van der Waals surface area (Å²) >= 11 is 0. The van der Waals surface area contributed by atoms with Crippen LogP contribution >= 0.6 is 0 Å². The maximum Gasteiger partial charge on any atom is 0.164 e. The standard InChI is InChI=1S/C14H19N3O2/c1-3-7-17-14(15-10-16-17)9-19-13-6-4-5-12(8-13)11(2)18/h4-6,8,10-11,18H,3,7,9H2,1-2H3. The molecule has 5 heteroatoms. The van der Waals surface area contributed by atoms with Gasteiger partial charge in [0, 0.05) is 6.54 Å². The van der Waals surface area contributed by atoms with Crippen molar-refractivity contribution in [1.82, 2.24) is 14.8 Å². The molecule has 1 aromatic heterocycles. The fraction of sp³-hybridized carbons (Fsp3) is 0.429. The molecule has 1 aromatic carbocycles. The van der Waals surface area contributed by atoms with Gasteiger partial charge in [0.25, 0.3) is 0 Å². The number of benzene rings is 1. The number of hydrogen-bond donors (Lipinski definition) is 1. The average Bonchev–Trinajstić information content (AvgIpc) is 2.85. The van der Waals surface area contributed by atoms with Crippen LogP contribution in [0.15, 0.2) is 30.6 Å². The molecule has 0 aliphatic rings. The maximum absolute atomic E-state index is 9.53. The van der Waals surface area contributed by atoms with Crippen LogP contribution in [0.4, 0.5) is 0 Å². The predicted octanol–water partition coefficient (Wildman–Crippen LogP) is 2.32. The van der Waals surface area contributed by atoms with Gasteiger partial charge in [0.1, 0.15) is 18.7 Å². The molecule has 0 saturated carbocycles. The topological polar surface area (TPSA) is 60.2 Å². The smallest absolute Gasteiger partial charge is 0.164 e. The number of hydrogen-bond acceptors (Lipinski definition) is 4. The fourth-order valence-corrected chi connectivity index (χ4v) is 1.81. The van der Waals surface area contributed by atoms with E-state index in [9.17, 15) is 5.11 Å². The van der Waals surface area contributed by atoms with Crippen LogP contribution < -0.4 is 4.74 Å². The molecule has 1 atom stereocenters. The zero-order valence-corrected chi connectivity index (χ0v) is 11.3. The summed E-state index contributed by atoms with van der Waals surface area (Å²) in [4.78, 5) is 4.18. The van der Waals surface area contributed by atoms with Gasteiger partial charge in [0.05, 0.1) is 6.10 Å². The lowest BCUT2D eigenvalue weighted by atomic mass is 10.1. The van der Waals surface area contributed by atoms with E-state index in [2.05, 4.69) is 17.0 Å². The van der Waals surface area contributed by atoms with Crippen LogP contribution in [-0.4, -0.2) is 19.9 Å². The molecular weight excluding hydrogens is 242 g/mol. The van der Waals surface area contributed by atoms with Crippen molar-refractivity contribution in [2.75, 3.05) is 0 Å². The largest absolute Gasteiger partial charge is 0.486 e. The second-order valence-corrected chi connectivity index (χ2v) is 4.44. The second kappa shape index (κ2) is 6.33. The molecule has 0 aliphatic carbocycles. The van der Waals surface area contributed by atoms with Crippen molar-refractivity contribution >= 4 is 0 Å². The number of rotatable bonds is 6. The van der Waals surface area contributed by atoms with E-state index >= 15 is 0 Å². The van der Waals surface area contributed by atoms with Gasteiger partial charge in [-0.05, 0) is 31.0 Å². The molecule has 0 radical (unpaired) electrons. The summed E-state index contributed by atoms with van der Waals surface area (Å²) in [5.74, 6) is 1.54. The van der Waals surface area contributed by atoms with Gasteiger partial charge in [-0.15, -0.1) is 0 Å². The summed E-state index contributed by atoms with van der Waals surface area (Å²) in [6.07, 6.45) is 2.06. The summed E-state index contributed by atoms with van der Waals surface area (Å²) in [7, 11) is 0. The van der Waals surface area contributed by atoms with Crippen LogP contribution in [0.2, 0.25) is 0 Å². The Labute approximate surface area is 112 Å². The lowest BCUT2D eigenvalue weighted by molar-refractivity contribution is 0.198. The van der Waals surface area contributed by atoms with Gasteiger partial charge in [-0.1, -0.05) is 19.1 Å². The highest BCUT2D eigenvalue weighted by atomic mass is 16.5. The van der Waals surface area contributed by atoms with Crippen molar-refractivity contribution in [3.8, 4) is 5.75 Å². The van der Waals surface area contributed by atoms with Gasteiger partial charge in [0.2, 0.25) is 0 Å². The van der Waals surface area contributed by atoms with Crippen LogP contribution in [0, 0.1) is 0 Å². The van der Waals surface area contributed by atoms with Crippen molar-refractivity contribution < 1.29 is 9.84 Å². The van der Waals surface area contributed by atoms with E-state index in [4.69, 9.17) is 4.74 Å². The Morgan fingerprint density at radius 1 is 1.42 bits per heavy atom. The zero-order valence-electron chi connectivity index (χ0n) is 11.3. The summed E-state index contributed by atoms with van der Waals surface area (Å²) in [5, 5.41) is 13.7. The van der Waals surface area contributed by atoms with Crippen LogP contribution in [0.3, 0.4) is 0 Å². The normalized spacial score (nSPS) is 12.4. The van der Waals surface area contributed by atoms with Crippen molar-refractivity contribution in [2.24, 2.45) is 0 Å². The summed E-state index contributed by atoms with van der Waals surface area (Å²) in [6.45, 7) is 5.05. The predicted molar refractivity (Wildman–Crippen MR) is 71.7 cm³/mol. The first-order valence-corrected chi connectivity index (χ1v) is 6.48.